The van der Waals surface area contributed by atoms with Gasteiger partial charge < -0.3 is 0 Å². The van der Waals surface area contributed by atoms with Gasteiger partial charge in [-0.05, 0) is 19.8 Å². The summed E-state index contributed by atoms with van der Waals surface area (Å²) in [6.45, 7) is 0. The molecule has 0 aromatic heterocycles. The Bertz CT molecular complexity index is 56.4. The molecule has 1 N–H and O–H groups in total. The van der Waals surface area contributed by atoms with E-state index in [1.54, 1.807) is 0 Å². The lowest BCUT2D eigenvalue weighted by molar-refractivity contribution is 1.66. The molecule has 4 heavy (non-hydrogen) atoms. The van der Waals surface area contributed by atoms with Gasteiger partial charge in [0.25, 0.3) is 0 Å². The van der Waals surface area contributed by atoms with Crippen molar-refractivity contribution in [1.29, 1.82) is 4.78 Å². The van der Waals surface area contributed by atoms with Gasteiger partial charge in [-0.1, -0.05) is 8.02 Å². The quantitative estimate of drug-likeness (QED) is 0.351. The summed E-state index contributed by atoms with van der Waals surface area (Å²) < 4.78 is 6.33. The normalized spacial score (nSPS) is 15.2. The van der Waals surface area contributed by atoms with Crippen LogP contribution < -0.4 is 0 Å². The second-order valence-corrected chi connectivity index (χ2v) is 4.05. The predicted octanol–water partition coefficient (Wildman–Crippen LogP) is 1.31. The Balaban J connectivity index is 3.51. The zero-order chi connectivity index (χ0) is 3.58. The average Bonchev–Trinajstić information content (AvgIpc) is 0.811. The van der Waals surface area contributed by atoms with Crippen LogP contribution in [0.25, 0.3) is 0 Å². The number of nitrogens with one attached hydrogen (secondary N) is 1. The van der Waals surface area contributed by atoms with E-state index < -0.39 is 9.08 Å². The van der Waals surface area contributed by atoms with Gasteiger partial charge in [-0.15, -0.1) is 0 Å². The van der Waals surface area contributed by atoms with E-state index in [1.165, 1.54) is 0 Å². The molecule has 26 valence electrons. The highest BCUT2D eigenvalue weighted by Crippen LogP contribution is 1.77. The molecule has 0 aromatic rings. The minimum atomic E-state index is -1.09. The first-order valence-corrected chi connectivity index (χ1v) is 4.20. The predicted molar refractivity (Wildman–Crippen MR) is 25.6 cm³/mol. The second-order valence-electron chi connectivity index (χ2n) is 0.281. The van der Waals surface area contributed by atoms with Gasteiger partial charge in [0.15, 0.2) is 0 Å². The largest absolute Gasteiger partial charge is 0.271 e. The van der Waals surface area contributed by atoms with E-state index in [1.807, 2.05) is 0 Å². The number of hydrogen-bond donors (Lipinski definition) is 2. The van der Waals surface area contributed by atoms with Crippen LogP contribution in [0.4, 0.5) is 0 Å². The Morgan fingerprint density at radius 2 is 2.00 bits per heavy atom. The van der Waals surface area contributed by atoms with Crippen molar-refractivity contribution in [3.8, 4) is 0 Å². The van der Waals surface area contributed by atoms with Gasteiger partial charge in [0.2, 0.25) is 0 Å². The molecule has 0 rings (SSSR count). The van der Waals surface area contributed by atoms with Gasteiger partial charge in [0.1, 0.15) is 0 Å². The summed E-state index contributed by atoms with van der Waals surface area (Å²) in [5, 5.41) is 0. The van der Waals surface area contributed by atoms with Crippen LogP contribution in [0.3, 0.4) is 0 Å². The number of rotatable bonds is 0. The smallest absolute Gasteiger partial charge is 0.0394 e. The van der Waals surface area contributed by atoms with Crippen molar-refractivity contribution in [3.63, 3.8) is 0 Å². The zero-order valence-electron chi connectivity index (χ0n) is 1.83. The van der Waals surface area contributed by atoms with Crippen LogP contribution in [-0.4, -0.2) is 0 Å². The summed E-state index contributed by atoms with van der Waals surface area (Å²) in [4.78, 5) is 0. The summed E-state index contributed by atoms with van der Waals surface area (Å²) in [6.07, 6.45) is 0. The maximum absolute atomic E-state index is 6.33. The molecule has 0 fully saturated rings. The summed E-state index contributed by atoms with van der Waals surface area (Å²) in [6, 6.07) is 0. The van der Waals surface area contributed by atoms with E-state index in [0.29, 0.717) is 0 Å². The summed E-state index contributed by atoms with van der Waals surface area (Å²) in [5.74, 6) is 0. The minimum Gasteiger partial charge on any atom is -0.271 e. The SMILES string of the molecule is N=[SH](=P)Cl. The lowest BCUT2D eigenvalue weighted by Gasteiger charge is -1.49. The van der Waals surface area contributed by atoms with Crippen molar-refractivity contribution >= 4 is 27.8 Å². The van der Waals surface area contributed by atoms with Crippen LogP contribution in [0.15, 0.2) is 0 Å². The van der Waals surface area contributed by atoms with Gasteiger partial charge in [0.05, 0.1) is 0 Å². The highest BCUT2D eigenvalue weighted by Gasteiger charge is 1.34. The van der Waals surface area contributed by atoms with Gasteiger partial charge >= 0.3 is 0 Å². The summed E-state index contributed by atoms with van der Waals surface area (Å²) >= 11 is 0. The van der Waals surface area contributed by atoms with Crippen molar-refractivity contribution in [1.82, 2.24) is 0 Å². The number of hydrogen-bond acceptors (Lipinski definition) is 1. The highest BCUT2D eigenvalue weighted by atomic mass is 35.7. The first kappa shape index (κ1) is 4.74. The molecule has 0 aliphatic heterocycles. The molecule has 1 nitrogen and oxygen atoms in total. The van der Waals surface area contributed by atoms with E-state index >= 15 is 0 Å². The molecule has 0 saturated carbocycles. The Labute approximate surface area is 33.2 Å². The van der Waals surface area contributed by atoms with Crippen molar-refractivity contribution in [3.05, 3.63) is 0 Å². The Kier molecular flexibility index (Phi) is 2.38. The molecule has 0 amide bonds. The minimum absolute atomic E-state index is 1.09. The topological polar surface area (TPSA) is 23.9 Å². The standard InChI is InChI=1S/ClH3NPS/c1-4(2)3/h2-4H. The Hall–Kier alpha value is 0.740. The summed E-state index contributed by atoms with van der Waals surface area (Å²) in [7, 11) is 6.64. The van der Waals surface area contributed by atoms with E-state index in [2.05, 4.69) is 8.02 Å². The van der Waals surface area contributed by atoms with Crippen molar-refractivity contribution < 1.29 is 0 Å². The molecule has 0 spiro atoms. The van der Waals surface area contributed by atoms with E-state index in [9.17, 15) is 0 Å². The summed E-state index contributed by atoms with van der Waals surface area (Å²) in [5.41, 5.74) is 0. The monoisotopic (exact) mass is 115 g/mol. The maximum Gasteiger partial charge on any atom is -0.0394 e. The van der Waals surface area contributed by atoms with Crippen molar-refractivity contribution in [2.45, 2.75) is 0 Å². The molecule has 4 heteroatoms. The van der Waals surface area contributed by atoms with Crippen LogP contribution in [0.2, 0.25) is 0 Å². The average molecular weight is 116 g/mol. The lowest BCUT2D eigenvalue weighted by Crippen LogP contribution is -1.18. The molecule has 0 aromatic carbocycles. The molecule has 1 unspecified atom stereocenters. The third kappa shape index (κ3) is 15.1. The van der Waals surface area contributed by atoms with Crippen LogP contribution in [0, 0.1) is 4.78 Å². The van der Waals surface area contributed by atoms with Gasteiger partial charge in [-0.25, -0.2) is 0 Å². The molecule has 0 radical (unpaired) electrons. The Morgan fingerprint density at radius 3 is 2.00 bits per heavy atom. The highest BCUT2D eigenvalue weighted by molar-refractivity contribution is 8.24. The van der Waals surface area contributed by atoms with Gasteiger partial charge in [-0.2, -0.15) is 0 Å². The molecule has 0 bridgehead atoms. The molecule has 1 atom stereocenters. The number of halogens is 1. The van der Waals surface area contributed by atoms with Crippen LogP contribution >= 0.6 is 18.7 Å². The van der Waals surface area contributed by atoms with Crippen molar-refractivity contribution in [2.24, 2.45) is 0 Å². The zero-order valence-corrected chi connectivity index (χ0v) is 4.48. The molecule has 0 aliphatic rings. The number of thiol groups is 1. The first-order chi connectivity index (χ1) is 1.73. The fourth-order valence-corrected chi connectivity index (χ4v) is 0. The van der Waals surface area contributed by atoms with Gasteiger partial charge in [0, 0.05) is 0 Å². The first-order valence-electron chi connectivity index (χ1n) is 0.616. The van der Waals surface area contributed by atoms with Crippen LogP contribution in [0.5, 0.6) is 0 Å². The van der Waals surface area contributed by atoms with Crippen molar-refractivity contribution in [2.75, 3.05) is 0 Å². The molecule has 0 aliphatic carbocycles. The van der Waals surface area contributed by atoms with Crippen LogP contribution in [-0.2, 0) is 9.08 Å². The Morgan fingerprint density at radius 1 is 2.00 bits per heavy atom. The molecular weight excluding hydrogens is 113 g/mol. The molecular formula is H3ClNPS. The third-order valence-corrected chi connectivity index (χ3v) is 0. The van der Waals surface area contributed by atoms with E-state index in [0.717, 1.165) is 0 Å². The molecule has 0 saturated heterocycles. The van der Waals surface area contributed by atoms with Gasteiger partial charge in [-0.3, -0.25) is 4.78 Å². The van der Waals surface area contributed by atoms with E-state index in [-0.39, 0.29) is 0 Å². The molecule has 0 heterocycles. The van der Waals surface area contributed by atoms with E-state index in [4.69, 9.17) is 15.5 Å². The second kappa shape index (κ2) is 2.01. The fourth-order valence-electron chi connectivity index (χ4n) is 0. The maximum atomic E-state index is 6.33. The lowest BCUT2D eigenvalue weighted by atomic mass is 14.0. The third-order valence-electron chi connectivity index (χ3n) is 0. The fraction of sp³-hybridized carbons (Fsp3) is 0. The van der Waals surface area contributed by atoms with Crippen LogP contribution in [0.1, 0.15) is 0 Å².